The van der Waals surface area contributed by atoms with Gasteiger partial charge in [-0.2, -0.15) is 0 Å². The molecule has 0 radical (unpaired) electrons. The van der Waals surface area contributed by atoms with Gasteiger partial charge in [-0.05, 0) is 68.9 Å². The van der Waals surface area contributed by atoms with Gasteiger partial charge in [0.25, 0.3) is 11.8 Å². The van der Waals surface area contributed by atoms with Crippen LogP contribution in [0.3, 0.4) is 0 Å². The molecule has 2 heterocycles. The Morgan fingerprint density at radius 3 is 2.50 bits per heavy atom. The van der Waals surface area contributed by atoms with E-state index in [4.69, 9.17) is 4.74 Å². The number of hydrogen-bond donors (Lipinski definition) is 1. The van der Waals surface area contributed by atoms with Crippen molar-refractivity contribution in [3.05, 3.63) is 59.1 Å². The number of likely N-dealkylation sites (N-methyl/N-ethyl adjacent to an activating group) is 1. The Bertz CT molecular complexity index is 1190. The van der Waals surface area contributed by atoms with Crippen LogP contribution >= 0.6 is 0 Å². The molecule has 1 N–H and O–H groups in total. The summed E-state index contributed by atoms with van der Waals surface area (Å²) in [7, 11) is 2.94. The molecule has 1 aliphatic carbocycles. The highest BCUT2D eigenvalue weighted by Gasteiger charge is 2.58. The van der Waals surface area contributed by atoms with E-state index in [9.17, 15) is 23.6 Å². The molecule has 1 aromatic rings. The van der Waals surface area contributed by atoms with Gasteiger partial charge in [-0.15, -0.1) is 0 Å². The summed E-state index contributed by atoms with van der Waals surface area (Å²) in [5.41, 5.74) is 0.565. The summed E-state index contributed by atoms with van der Waals surface area (Å²) in [6.45, 7) is 4.00. The lowest BCUT2D eigenvalue weighted by atomic mass is 9.84. The summed E-state index contributed by atoms with van der Waals surface area (Å²) in [5.74, 6) is -1.71. The van der Waals surface area contributed by atoms with Gasteiger partial charge in [-0.25, -0.2) is 9.18 Å². The molecule has 2 aliphatic heterocycles. The van der Waals surface area contributed by atoms with Crippen LogP contribution in [0, 0.1) is 5.82 Å². The Morgan fingerprint density at radius 1 is 1.18 bits per heavy atom. The maximum absolute atomic E-state index is 14.0. The van der Waals surface area contributed by atoms with Crippen molar-refractivity contribution in [1.29, 1.82) is 0 Å². The van der Waals surface area contributed by atoms with Gasteiger partial charge in [0.1, 0.15) is 17.4 Å². The van der Waals surface area contributed by atoms with Gasteiger partial charge in [0.2, 0.25) is 5.91 Å². The van der Waals surface area contributed by atoms with Crippen LogP contribution in [-0.4, -0.2) is 83.4 Å². The number of halogens is 1. The van der Waals surface area contributed by atoms with E-state index in [-0.39, 0.29) is 49.3 Å². The zero-order valence-electron chi connectivity index (χ0n) is 22.3. The second-order valence-electron chi connectivity index (χ2n) is 10.1. The third-order valence-electron chi connectivity index (χ3n) is 7.81. The summed E-state index contributed by atoms with van der Waals surface area (Å²) in [4.78, 5) is 57.4. The number of urea groups is 1. The Balaban J connectivity index is 1.52. The maximum atomic E-state index is 14.0. The number of rotatable bonds is 7. The molecule has 1 spiro atoms. The van der Waals surface area contributed by atoms with Crippen molar-refractivity contribution < 1.29 is 28.3 Å². The lowest BCUT2D eigenvalue weighted by Gasteiger charge is -2.44. The number of nitrogens with zero attached hydrogens (tertiary/aromatic N) is 3. The van der Waals surface area contributed by atoms with Crippen LogP contribution in [0.1, 0.15) is 55.5 Å². The van der Waals surface area contributed by atoms with E-state index in [1.165, 1.54) is 20.2 Å². The highest BCUT2D eigenvalue weighted by atomic mass is 19.1. The minimum atomic E-state index is -1.04. The fourth-order valence-electron chi connectivity index (χ4n) is 5.46. The van der Waals surface area contributed by atoms with E-state index in [1.54, 1.807) is 22.8 Å². The van der Waals surface area contributed by atoms with Gasteiger partial charge in [-0.1, -0.05) is 19.1 Å². The molecule has 2 saturated heterocycles. The monoisotopic (exact) mass is 526 g/mol. The fourth-order valence-corrected chi connectivity index (χ4v) is 5.46. The van der Waals surface area contributed by atoms with Gasteiger partial charge < -0.3 is 15.0 Å². The van der Waals surface area contributed by atoms with Crippen LogP contribution < -0.4 is 5.32 Å². The number of likely N-dealkylation sites (tertiary alicyclic amines) is 1. The summed E-state index contributed by atoms with van der Waals surface area (Å²) in [6.07, 6.45) is 7.69. The number of carbonyl (C=O) groups is 4. The van der Waals surface area contributed by atoms with E-state index in [0.717, 1.165) is 23.1 Å². The van der Waals surface area contributed by atoms with Crippen molar-refractivity contribution in [3.63, 3.8) is 0 Å². The van der Waals surface area contributed by atoms with Crippen LogP contribution in [0.2, 0.25) is 0 Å². The van der Waals surface area contributed by atoms with E-state index >= 15 is 0 Å². The zero-order valence-corrected chi connectivity index (χ0v) is 22.3. The molecule has 0 saturated carbocycles. The average Bonchev–Trinajstić information content (AvgIpc) is 3.11. The average molecular weight is 527 g/mol. The lowest BCUT2D eigenvalue weighted by Crippen LogP contribution is -2.60. The Labute approximate surface area is 222 Å². The molecule has 1 aromatic carbocycles. The predicted molar refractivity (Wildman–Crippen MR) is 139 cm³/mol. The van der Waals surface area contributed by atoms with Crippen LogP contribution in [0.15, 0.2) is 42.1 Å². The molecule has 0 bridgehead atoms. The summed E-state index contributed by atoms with van der Waals surface area (Å²) in [5, 5.41) is 2.73. The quantitative estimate of drug-likeness (QED) is 0.551. The number of benzene rings is 1. The van der Waals surface area contributed by atoms with E-state index in [0.29, 0.717) is 18.4 Å². The van der Waals surface area contributed by atoms with E-state index < -0.39 is 29.4 Å². The first-order valence-electron chi connectivity index (χ1n) is 13.0. The Kier molecular flexibility index (Phi) is 8.01. The van der Waals surface area contributed by atoms with Gasteiger partial charge in [-0.3, -0.25) is 24.2 Å². The van der Waals surface area contributed by atoms with Gasteiger partial charge in [0.15, 0.2) is 0 Å². The van der Waals surface area contributed by atoms with Crippen LogP contribution in [0.4, 0.5) is 9.18 Å². The molecule has 4 rings (SSSR count). The van der Waals surface area contributed by atoms with Crippen molar-refractivity contribution in [2.75, 3.05) is 27.2 Å². The molecule has 3 aliphatic rings. The zero-order chi connectivity index (χ0) is 27.6. The molecule has 2 fully saturated rings. The number of ether oxygens (including phenoxy) is 1. The minimum absolute atomic E-state index is 0.129. The van der Waals surface area contributed by atoms with E-state index in [1.807, 2.05) is 25.2 Å². The lowest BCUT2D eigenvalue weighted by molar-refractivity contribution is -0.143. The molecule has 9 nitrogen and oxygen atoms in total. The number of amides is 5. The SMILES string of the molecule is CCc1cc(F)cc(C(=O)N[C@@H](C(=O)N2CCC3(CC2)C(=O)N(C)C(=O)N3C2=CC=CCC2)[C@H](C)OC)c1. The minimum Gasteiger partial charge on any atom is -0.379 e. The van der Waals surface area contributed by atoms with E-state index in [2.05, 4.69) is 5.32 Å². The molecule has 0 aromatic heterocycles. The van der Waals surface area contributed by atoms with Crippen molar-refractivity contribution in [1.82, 2.24) is 20.0 Å². The topological polar surface area (TPSA) is 99.3 Å². The van der Waals surface area contributed by atoms with Crippen LogP contribution in [0.5, 0.6) is 0 Å². The van der Waals surface area contributed by atoms with Crippen LogP contribution in [-0.2, 0) is 20.7 Å². The molecule has 204 valence electrons. The number of methoxy groups -OCH3 is 1. The number of allylic oxidation sites excluding steroid dienone is 4. The summed E-state index contributed by atoms with van der Waals surface area (Å²) >= 11 is 0. The first-order chi connectivity index (χ1) is 18.1. The number of aryl methyl sites for hydroxylation is 1. The number of imide groups is 1. The second kappa shape index (κ2) is 11.1. The number of piperidine rings is 1. The molecular formula is C28H35FN4O5. The Hall–Kier alpha value is -3.53. The third-order valence-corrected chi connectivity index (χ3v) is 7.81. The largest absolute Gasteiger partial charge is 0.379 e. The number of hydrogen-bond acceptors (Lipinski definition) is 5. The first kappa shape index (κ1) is 27.5. The molecule has 0 unspecified atom stereocenters. The Morgan fingerprint density at radius 2 is 1.89 bits per heavy atom. The van der Waals surface area contributed by atoms with Crippen LogP contribution in [0.25, 0.3) is 0 Å². The van der Waals surface area contributed by atoms with Gasteiger partial charge in [0.05, 0.1) is 6.10 Å². The summed E-state index contributed by atoms with van der Waals surface area (Å²) < 4.78 is 19.4. The molecule has 5 amide bonds. The van der Waals surface area contributed by atoms with Gasteiger partial charge in [0, 0.05) is 38.5 Å². The maximum Gasteiger partial charge on any atom is 0.331 e. The van der Waals surface area contributed by atoms with Crippen molar-refractivity contribution in [2.24, 2.45) is 0 Å². The number of nitrogens with one attached hydrogen (secondary N) is 1. The highest BCUT2D eigenvalue weighted by molar-refractivity contribution is 6.08. The van der Waals surface area contributed by atoms with Gasteiger partial charge >= 0.3 is 6.03 Å². The normalized spacial score (nSPS) is 20.6. The molecule has 10 heteroatoms. The first-order valence-corrected chi connectivity index (χ1v) is 13.0. The molecular weight excluding hydrogens is 491 g/mol. The standard InChI is InChI=1S/C28H35FN4O5/c1-5-19-15-20(17-21(29)16-19)24(34)30-23(18(2)38-4)25(35)32-13-11-28(12-14-32)26(36)31(3)27(37)33(28)22-9-7-6-8-10-22/h6-7,9,15-18,23H,5,8,10-14H2,1-4H3,(H,30,34)/t18-,23+/m0/s1. The highest BCUT2D eigenvalue weighted by Crippen LogP contribution is 2.41. The number of carbonyl (C=O) groups excluding carboxylic acids is 4. The second-order valence-corrected chi connectivity index (χ2v) is 10.1. The predicted octanol–water partition coefficient (Wildman–Crippen LogP) is 3.01. The smallest absolute Gasteiger partial charge is 0.331 e. The third kappa shape index (κ3) is 4.97. The summed E-state index contributed by atoms with van der Waals surface area (Å²) in [6, 6.07) is 2.75. The molecule has 2 atom stereocenters. The fraction of sp³-hybridized carbons (Fsp3) is 0.500. The van der Waals surface area contributed by atoms with Crippen molar-refractivity contribution in [2.45, 2.75) is 63.6 Å². The van der Waals surface area contributed by atoms with Crippen molar-refractivity contribution in [3.8, 4) is 0 Å². The molecule has 38 heavy (non-hydrogen) atoms. The van der Waals surface area contributed by atoms with Crippen molar-refractivity contribution >= 4 is 23.8 Å².